The Labute approximate surface area is 142 Å². The van der Waals surface area contributed by atoms with Gasteiger partial charge in [0.25, 0.3) is 0 Å². The van der Waals surface area contributed by atoms with Crippen LogP contribution in [0.2, 0.25) is 0 Å². The zero-order chi connectivity index (χ0) is 16.8. The number of sulfonamides is 1. The summed E-state index contributed by atoms with van der Waals surface area (Å²) in [4.78, 5) is 11.2. The van der Waals surface area contributed by atoms with Crippen molar-refractivity contribution < 1.29 is 22.3 Å². The van der Waals surface area contributed by atoms with Gasteiger partial charge in [-0.05, 0) is 18.6 Å². The molecule has 0 fully saturated rings. The van der Waals surface area contributed by atoms with E-state index < -0.39 is 38.3 Å². The molecule has 0 saturated carbocycles. The van der Waals surface area contributed by atoms with Crippen molar-refractivity contribution in [3.8, 4) is 0 Å². The molecule has 0 amide bonds. The normalized spacial score (nSPS) is 12.3. The number of hydrogen-bond acceptors (Lipinski definition) is 5. The predicted octanol–water partition coefficient (Wildman–Crippen LogP) is 1.83. The number of carbonyl (C=O) groups is 1. The van der Waals surface area contributed by atoms with Crippen molar-refractivity contribution in [1.29, 1.82) is 0 Å². The minimum Gasteiger partial charge on any atom is -0.465 e. The van der Waals surface area contributed by atoms with Gasteiger partial charge in [-0.3, -0.25) is 0 Å². The van der Waals surface area contributed by atoms with Crippen LogP contribution in [0.25, 0.3) is 0 Å². The number of benzene rings is 1. The molecule has 0 spiro atoms. The van der Waals surface area contributed by atoms with Crippen LogP contribution in [0.3, 0.4) is 0 Å². The van der Waals surface area contributed by atoms with Crippen molar-refractivity contribution in [2.45, 2.75) is 37.1 Å². The van der Waals surface area contributed by atoms with E-state index in [4.69, 9.17) is 5.73 Å². The lowest BCUT2D eigenvalue weighted by Gasteiger charge is -2.18. The summed E-state index contributed by atoms with van der Waals surface area (Å²) in [6.07, 6.45) is 2.26. The fourth-order valence-corrected chi connectivity index (χ4v) is 3.47. The number of nitrogens with one attached hydrogen (secondary N) is 1. The van der Waals surface area contributed by atoms with Gasteiger partial charge in [0, 0.05) is 12.6 Å². The fraction of sp³-hybridized carbons (Fsp3) is 0.500. The Bertz CT molecular complexity index is 625. The molecular formula is C14H22ClFN2O4S. The smallest absolute Gasteiger partial charge is 0.342 e. The molecule has 1 rings (SSSR count). The van der Waals surface area contributed by atoms with Crippen LogP contribution in [-0.4, -0.2) is 34.1 Å². The largest absolute Gasteiger partial charge is 0.465 e. The first-order chi connectivity index (χ1) is 10.4. The van der Waals surface area contributed by atoms with Crippen molar-refractivity contribution in [3.63, 3.8) is 0 Å². The summed E-state index contributed by atoms with van der Waals surface area (Å²) in [6.45, 7) is 2.09. The van der Waals surface area contributed by atoms with E-state index >= 15 is 0 Å². The van der Waals surface area contributed by atoms with E-state index in [-0.39, 0.29) is 19.0 Å². The summed E-state index contributed by atoms with van der Waals surface area (Å²) in [5, 5.41) is 0. The van der Waals surface area contributed by atoms with Crippen LogP contribution in [0, 0.1) is 5.82 Å². The van der Waals surface area contributed by atoms with Gasteiger partial charge in [-0.1, -0.05) is 25.8 Å². The van der Waals surface area contributed by atoms with Gasteiger partial charge in [0.2, 0.25) is 10.0 Å². The molecule has 3 N–H and O–H groups in total. The van der Waals surface area contributed by atoms with Gasteiger partial charge in [0.1, 0.15) is 11.4 Å². The number of rotatable bonds is 8. The minimum absolute atomic E-state index is 0. The Kier molecular flexibility index (Phi) is 9.29. The molecule has 0 aromatic heterocycles. The van der Waals surface area contributed by atoms with Crippen molar-refractivity contribution in [2.75, 3.05) is 13.7 Å². The van der Waals surface area contributed by atoms with Crippen LogP contribution in [-0.2, 0) is 14.8 Å². The number of hydrogen-bond donors (Lipinski definition) is 2. The third-order valence-corrected chi connectivity index (χ3v) is 4.73. The second-order valence-electron chi connectivity index (χ2n) is 4.80. The molecule has 1 aromatic carbocycles. The van der Waals surface area contributed by atoms with Crippen LogP contribution >= 0.6 is 12.4 Å². The Hall–Kier alpha value is -1.22. The van der Waals surface area contributed by atoms with Gasteiger partial charge >= 0.3 is 5.97 Å². The van der Waals surface area contributed by atoms with E-state index in [0.717, 1.165) is 32.1 Å². The van der Waals surface area contributed by atoms with E-state index in [9.17, 15) is 17.6 Å². The molecule has 1 unspecified atom stereocenters. The Morgan fingerprint density at radius 2 is 2.09 bits per heavy atom. The highest BCUT2D eigenvalue weighted by Crippen LogP contribution is 2.20. The summed E-state index contributed by atoms with van der Waals surface area (Å²) in [5.74, 6) is -2.00. The standard InChI is InChI=1S/C14H21FN2O4S.ClH/c1-3-4-6-10(9-16)17-22(19,20)12-8-5-7-11(15)13(12)14(18)21-2;/h5,7-8,10,17H,3-4,6,9,16H2,1-2H3;1H. The average molecular weight is 369 g/mol. The number of nitrogens with two attached hydrogens (primary N) is 1. The molecule has 0 saturated heterocycles. The van der Waals surface area contributed by atoms with Crippen LogP contribution in [0.5, 0.6) is 0 Å². The third kappa shape index (κ3) is 5.72. The van der Waals surface area contributed by atoms with Crippen LogP contribution in [0.1, 0.15) is 36.5 Å². The summed E-state index contributed by atoms with van der Waals surface area (Å²) >= 11 is 0. The van der Waals surface area contributed by atoms with Gasteiger partial charge in [0.05, 0.1) is 12.0 Å². The van der Waals surface area contributed by atoms with Gasteiger partial charge in [-0.2, -0.15) is 0 Å². The highest BCUT2D eigenvalue weighted by atomic mass is 35.5. The van der Waals surface area contributed by atoms with E-state index in [1.54, 1.807) is 0 Å². The molecule has 1 aromatic rings. The van der Waals surface area contributed by atoms with E-state index in [0.29, 0.717) is 6.42 Å². The number of ether oxygens (including phenoxy) is 1. The predicted molar refractivity (Wildman–Crippen MR) is 87.7 cm³/mol. The van der Waals surface area contributed by atoms with Crippen molar-refractivity contribution >= 4 is 28.4 Å². The highest BCUT2D eigenvalue weighted by molar-refractivity contribution is 7.89. The maximum absolute atomic E-state index is 13.8. The van der Waals surface area contributed by atoms with Crippen molar-refractivity contribution in [2.24, 2.45) is 5.73 Å². The molecule has 0 aliphatic carbocycles. The SMILES string of the molecule is CCCCC(CN)NS(=O)(=O)c1cccc(F)c1C(=O)OC.Cl. The van der Waals surface area contributed by atoms with E-state index in [1.807, 2.05) is 6.92 Å². The number of unbranched alkanes of at least 4 members (excludes halogenated alkanes) is 1. The molecule has 132 valence electrons. The summed E-state index contributed by atoms with van der Waals surface area (Å²) in [5.41, 5.74) is 4.95. The topological polar surface area (TPSA) is 98.5 Å². The molecule has 6 nitrogen and oxygen atoms in total. The van der Waals surface area contributed by atoms with Crippen molar-refractivity contribution in [1.82, 2.24) is 4.72 Å². The van der Waals surface area contributed by atoms with Gasteiger partial charge < -0.3 is 10.5 Å². The molecule has 0 radical (unpaired) electrons. The second-order valence-corrected chi connectivity index (χ2v) is 6.48. The van der Waals surface area contributed by atoms with Gasteiger partial charge in [0.15, 0.2) is 0 Å². The number of halogens is 2. The molecule has 9 heteroatoms. The molecule has 23 heavy (non-hydrogen) atoms. The van der Waals surface area contributed by atoms with Gasteiger partial charge in [-0.15, -0.1) is 12.4 Å². The third-order valence-electron chi connectivity index (χ3n) is 3.17. The Morgan fingerprint density at radius 3 is 2.61 bits per heavy atom. The van der Waals surface area contributed by atoms with E-state index in [2.05, 4.69) is 9.46 Å². The molecule has 0 aliphatic heterocycles. The van der Waals surface area contributed by atoms with Crippen LogP contribution in [0.4, 0.5) is 4.39 Å². The molecular weight excluding hydrogens is 347 g/mol. The summed E-state index contributed by atoms with van der Waals surface area (Å²) < 4.78 is 45.5. The Balaban J connectivity index is 0.00000484. The number of carbonyl (C=O) groups excluding carboxylic acids is 1. The first kappa shape index (κ1) is 21.8. The zero-order valence-corrected chi connectivity index (χ0v) is 14.7. The zero-order valence-electron chi connectivity index (χ0n) is 13.0. The van der Waals surface area contributed by atoms with Crippen molar-refractivity contribution in [3.05, 3.63) is 29.6 Å². The molecule has 0 bridgehead atoms. The fourth-order valence-electron chi connectivity index (χ4n) is 1.99. The summed E-state index contributed by atoms with van der Waals surface area (Å²) in [7, 11) is -3.02. The van der Waals surface area contributed by atoms with Crippen LogP contribution in [0.15, 0.2) is 23.1 Å². The Morgan fingerprint density at radius 1 is 1.43 bits per heavy atom. The molecule has 1 atom stereocenters. The lowest BCUT2D eigenvalue weighted by atomic mass is 10.1. The minimum atomic E-state index is -4.08. The maximum atomic E-state index is 13.8. The summed E-state index contributed by atoms with van der Waals surface area (Å²) in [6, 6.07) is 2.91. The molecule has 0 heterocycles. The number of esters is 1. The first-order valence-electron chi connectivity index (χ1n) is 6.96. The molecule has 0 aliphatic rings. The monoisotopic (exact) mass is 368 g/mol. The second kappa shape index (κ2) is 9.82. The van der Waals surface area contributed by atoms with Crippen LogP contribution < -0.4 is 10.5 Å². The quantitative estimate of drug-likeness (QED) is 0.682. The van der Waals surface area contributed by atoms with Gasteiger partial charge in [-0.25, -0.2) is 22.3 Å². The lowest BCUT2D eigenvalue weighted by molar-refractivity contribution is 0.0590. The highest BCUT2D eigenvalue weighted by Gasteiger charge is 2.27. The lowest BCUT2D eigenvalue weighted by Crippen LogP contribution is -2.40. The average Bonchev–Trinajstić information content (AvgIpc) is 2.50. The first-order valence-corrected chi connectivity index (χ1v) is 8.44. The number of methoxy groups -OCH3 is 1. The maximum Gasteiger partial charge on any atom is 0.342 e. The van der Waals surface area contributed by atoms with E-state index in [1.165, 1.54) is 6.07 Å².